The highest BCUT2D eigenvalue weighted by molar-refractivity contribution is 5.64. The maximum Gasteiger partial charge on any atom is 0.150 e. The third-order valence-electron chi connectivity index (χ3n) is 0.348. The van der Waals surface area contributed by atoms with Crippen LogP contribution in [0.3, 0.4) is 0 Å². The molecule has 0 rings (SSSR count). The van der Waals surface area contributed by atoms with Gasteiger partial charge >= 0.3 is 0 Å². The second kappa shape index (κ2) is 5.50. The summed E-state index contributed by atoms with van der Waals surface area (Å²) < 4.78 is 0. The van der Waals surface area contributed by atoms with Gasteiger partial charge in [0, 0.05) is 17.2 Å². The van der Waals surface area contributed by atoms with E-state index >= 15 is 0 Å². The van der Waals surface area contributed by atoms with Gasteiger partial charge in [-0.3, -0.25) is 4.79 Å². The Kier molecular flexibility index (Phi) is 4.47. The number of nitrogens with zero attached hydrogens (tertiary/aromatic N) is 3. The largest absolute Gasteiger partial charge is 0.298 e. The highest BCUT2D eigenvalue weighted by atomic mass is 16.1. The third kappa shape index (κ3) is 4.50. The van der Waals surface area contributed by atoms with Gasteiger partial charge in [0.15, 0.2) is 6.29 Å². The second-order valence-electron chi connectivity index (χ2n) is 0.803. The Morgan fingerprint density at radius 1 is 1.75 bits per heavy atom. The van der Waals surface area contributed by atoms with Crippen LogP contribution in [0.5, 0.6) is 0 Å². The summed E-state index contributed by atoms with van der Waals surface area (Å²) in [4.78, 5) is 11.9. The molecule has 0 fully saturated rings. The zero-order valence-corrected chi connectivity index (χ0v) is 3.98. The fourth-order valence-electron chi connectivity index (χ4n) is 0.141. The standard InChI is InChI=1S/C4H3N3O/c5-7-6-3-1-2-4-8/h2-4H. The zero-order valence-electron chi connectivity index (χ0n) is 3.98. The molecule has 0 N–H and O–H groups in total. The van der Waals surface area contributed by atoms with Crippen molar-refractivity contribution in [3.63, 3.8) is 0 Å². The topological polar surface area (TPSA) is 65.8 Å². The first-order valence-electron chi connectivity index (χ1n) is 1.80. The van der Waals surface area contributed by atoms with Crippen LogP contribution in [0.15, 0.2) is 23.1 Å². The lowest BCUT2D eigenvalue weighted by Crippen LogP contribution is -1.49. The van der Waals surface area contributed by atoms with E-state index in [0.717, 1.165) is 12.3 Å². The molecule has 0 aromatic rings. The van der Waals surface area contributed by atoms with Gasteiger partial charge in [0.1, 0.15) is 0 Å². The molecule has 0 aromatic heterocycles. The molecule has 0 aliphatic rings. The summed E-state index contributed by atoms with van der Waals surface area (Å²) in [5.74, 6) is 0. The fourth-order valence-corrected chi connectivity index (χ4v) is 0.141. The van der Waals surface area contributed by atoms with Gasteiger partial charge in [-0.15, -0.1) is 5.73 Å². The molecule has 8 heavy (non-hydrogen) atoms. The first-order chi connectivity index (χ1) is 3.91. The average molecular weight is 109 g/mol. The summed E-state index contributed by atoms with van der Waals surface area (Å²) in [6.45, 7) is 0. The number of carbonyl (C=O) groups is 1. The van der Waals surface area contributed by atoms with Gasteiger partial charge in [-0.25, -0.2) is 0 Å². The van der Waals surface area contributed by atoms with Crippen LogP contribution in [0, 0.1) is 0 Å². The molecule has 0 heterocycles. The van der Waals surface area contributed by atoms with E-state index in [-0.39, 0.29) is 0 Å². The van der Waals surface area contributed by atoms with E-state index < -0.39 is 0 Å². The Balaban J connectivity index is 3.81. The highest BCUT2D eigenvalue weighted by Crippen LogP contribution is 1.67. The van der Waals surface area contributed by atoms with Crippen molar-refractivity contribution in [3.8, 4) is 0 Å². The van der Waals surface area contributed by atoms with Crippen molar-refractivity contribution in [1.82, 2.24) is 0 Å². The molecular formula is C4H3N3O. The quantitative estimate of drug-likeness (QED) is 0.131. The van der Waals surface area contributed by atoms with Crippen molar-refractivity contribution in [3.05, 3.63) is 28.5 Å². The predicted octanol–water partition coefficient (Wildman–Crippen LogP) is 1.16. The van der Waals surface area contributed by atoms with Crippen LogP contribution in [0.1, 0.15) is 0 Å². The third-order valence-corrected chi connectivity index (χ3v) is 0.348. The van der Waals surface area contributed by atoms with E-state index in [1.165, 1.54) is 0 Å². The first-order valence-corrected chi connectivity index (χ1v) is 1.80. The molecule has 0 amide bonds. The van der Waals surface area contributed by atoms with Crippen molar-refractivity contribution >= 4 is 6.29 Å². The van der Waals surface area contributed by atoms with E-state index in [0.29, 0.717) is 6.29 Å². The number of allylic oxidation sites excluding steroid dienone is 1. The van der Waals surface area contributed by atoms with Gasteiger partial charge in [-0.05, 0) is 5.53 Å². The molecule has 40 valence electrons. The average Bonchev–Trinajstić information content (AvgIpc) is 1.81. The first kappa shape index (κ1) is 6.50. The zero-order chi connectivity index (χ0) is 6.24. The molecule has 0 bridgehead atoms. The molecular weight excluding hydrogens is 106 g/mol. The van der Waals surface area contributed by atoms with Crippen LogP contribution in [-0.2, 0) is 4.79 Å². The molecule has 0 aliphatic carbocycles. The Bertz CT molecular complexity index is 172. The second-order valence-corrected chi connectivity index (χ2v) is 0.803. The molecule has 0 saturated carbocycles. The van der Waals surface area contributed by atoms with Gasteiger partial charge in [-0.2, -0.15) is 0 Å². The normalized spacial score (nSPS) is 5.50. The van der Waals surface area contributed by atoms with E-state index in [2.05, 4.69) is 15.8 Å². The lowest BCUT2D eigenvalue weighted by Gasteiger charge is -1.54. The van der Waals surface area contributed by atoms with Crippen molar-refractivity contribution in [2.45, 2.75) is 0 Å². The maximum absolute atomic E-state index is 9.50. The van der Waals surface area contributed by atoms with Gasteiger partial charge in [-0.1, -0.05) is 5.11 Å². The SMILES string of the molecule is [N-]=[N+]=NC=C=CC=O. The number of carbonyl (C=O) groups excluding carboxylic acids is 1. The van der Waals surface area contributed by atoms with E-state index in [9.17, 15) is 4.79 Å². The monoisotopic (exact) mass is 109 g/mol. The molecule has 4 nitrogen and oxygen atoms in total. The molecule has 0 unspecified atom stereocenters. The van der Waals surface area contributed by atoms with Crippen molar-refractivity contribution < 1.29 is 4.79 Å². The highest BCUT2D eigenvalue weighted by Gasteiger charge is 1.53. The lowest BCUT2D eigenvalue weighted by atomic mass is 10.7. The fraction of sp³-hybridized carbons (Fsp3) is 0. The Morgan fingerprint density at radius 3 is 3.00 bits per heavy atom. The van der Waals surface area contributed by atoms with Crippen LogP contribution < -0.4 is 0 Å². The van der Waals surface area contributed by atoms with Gasteiger partial charge in [0.2, 0.25) is 0 Å². The van der Waals surface area contributed by atoms with Gasteiger partial charge in [0.25, 0.3) is 0 Å². The summed E-state index contributed by atoms with van der Waals surface area (Å²) >= 11 is 0. The summed E-state index contributed by atoms with van der Waals surface area (Å²) in [5, 5.41) is 2.96. The van der Waals surface area contributed by atoms with Crippen LogP contribution in [0.4, 0.5) is 0 Å². The van der Waals surface area contributed by atoms with Crippen LogP contribution in [-0.4, -0.2) is 6.29 Å². The molecule has 0 aromatic carbocycles. The Hall–Kier alpha value is -1.50. The molecule has 0 radical (unpaired) electrons. The minimum atomic E-state index is 0.545. The van der Waals surface area contributed by atoms with Crippen LogP contribution >= 0.6 is 0 Å². The van der Waals surface area contributed by atoms with Crippen LogP contribution in [0.25, 0.3) is 10.4 Å². The van der Waals surface area contributed by atoms with E-state index in [1.54, 1.807) is 0 Å². The minimum absolute atomic E-state index is 0.545. The predicted molar refractivity (Wildman–Crippen MR) is 27.9 cm³/mol. The Morgan fingerprint density at radius 2 is 2.50 bits per heavy atom. The van der Waals surface area contributed by atoms with Gasteiger partial charge in [0.05, 0.1) is 0 Å². The number of rotatable bonds is 2. The minimum Gasteiger partial charge on any atom is -0.298 e. The number of hydrogen-bond donors (Lipinski definition) is 0. The summed E-state index contributed by atoms with van der Waals surface area (Å²) in [5.41, 5.74) is 9.95. The van der Waals surface area contributed by atoms with E-state index in [1.807, 2.05) is 0 Å². The lowest BCUT2D eigenvalue weighted by molar-refractivity contribution is -0.104. The number of aldehydes is 1. The van der Waals surface area contributed by atoms with Crippen LogP contribution in [0.2, 0.25) is 0 Å². The Labute approximate surface area is 45.8 Å². The molecule has 0 aliphatic heterocycles. The molecule has 0 saturated heterocycles. The van der Waals surface area contributed by atoms with Crippen molar-refractivity contribution in [2.24, 2.45) is 5.11 Å². The summed E-state index contributed by atoms with van der Waals surface area (Å²) in [6.07, 6.45) is 2.71. The molecule has 0 spiro atoms. The van der Waals surface area contributed by atoms with Crippen molar-refractivity contribution in [2.75, 3.05) is 0 Å². The smallest absolute Gasteiger partial charge is 0.150 e. The summed E-state index contributed by atoms with van der Waals surface area (Å²) in [6, 6.07) is 0. The molecule has 0 atom stereocenters. The summed E-state index contributed by atoms with van der Waals surface area (Å²) in [7, 11) is 0. The van der Waals surface area contributed by atoms with Crippen molar-refractivity contribution in [1.29, 1.82) is 0 Å². The van der Waals surface area contributed by atoms with E-state index in [4.69, 9.17) is 5.53 Å². The van der Waals surface area contributed by atoms with Gasteiger partial charge < -0.3 is 0 Å². The number of azide groups is 1. The molecule has 4 heteroatoms. The number of hydrogen-bond acceptors (Lipinski definition) is 2. The maximum atomic E-state index is 9.50.